The molecule has 0 bridgehead atoms. The van der Waals surface area contributed by atoms with Crippen molar-refractivity contribution < 1.29 is 4.79 Å². The van der Waals surface area contributed by atoms with E-state index in [-0.39, 0.29) is 11.9 Å². The predicted molar refractivity (Wildman–Crippen MR) is 124 cm³/mol. The third-order valence-corrected chi connectivity index (χ3v) is 6.14. The van der Waals surface area contributed by atoms with Gasteiger partial charge >= 0.3 is 0 Å². The number of para-hydroxylation sites is 1. The lowest BCUT2D eigenvalue weighted by Gasteiger charge is -2.35. The van der Waals surface area contributed by atoms with Gasteiger partial charge < -0.3 is 10.2 Å². The molecule has 6 nitrogen and oxygen atoms in total. The van der Waals surface area contributed by atoms with Gasteiger partial charge in [-0.15, -0.1) is 0 Å². The van der Waals surface area contributed by atoms with Crippen LogP contribution in [-0.2, 0) is 0 Å². The number of aryl methyl sites for hydroxylation is 1. The molecule has 0 saturated carbocycles. The van der Waals surface area contributed by atoms with Gasteiger partial charge in [-0.25, -0.2) is 4.68 Å². The van der Waals surface area contributed by atoms with E-state index in [1.807, 2.05) is 48.0 Å². The average Bonchev–Trinajstić information content (AvgIpc) is 3.17. The molecule has 1 N–H and O–H groups in total. The first-order valence-electron chi connectivity index (χ1n) is 10.9. The van der Waals surface area contributed by atoms with E-state index in [2.05, 4.69) is 52.4 Å². The zero-order valence-electron chi connectivity index (χ0n) is 18.6. The molecule has 1 unspecified atom stereocenters. The van der Waals surface area contributed by atoms with Gasteiger partial charge in [-0.3, -0.25) is 9.69 Å². The van der Waals surface area contributed by atoms with E-state index in [0.717, 1.165) is 55.2 Å². The second kappa shape index (κ2) is 9.45. The summed E-state index contributed by atoms with van der Waals surface area (Å²) in [5, 5.41) is 7.79. The molecule has 1 fully saturated rings. The molecular weight excluding hydrogens is 386 g/mol. The van der Waals surface area contributed by atoms with Gasteiger partial charge in [-0.1, -0.05) is 48.5 Å². The summed E-state index contributed by atoms with van der Waals surface area (Å²) in [6, 6.07) is 18.2. The lowest BCUT2D eigenvalue weighted by Crippen LogP contribution is -2.47. The fourth-order valence-electron chi connectivity index (χ4n) is 4.12. The summed E-state index contributed by atoms with van der Waals surface area (Å²) in [6.45, 7) is 8.94. The van der Waals surface area contributed by atoms with Crippen LogP contribution >= 0.6 is 0 Å². The largest absolute Gasteiger partial charge is 0.344 e. The number of aromatic nitrogens is 2. The molecule has 1 amide bonds. The highest BCUT2D eigenvalue weighted by Gasteiger charge is 2.23. The van der Waals surface area contributed by atoms with Crippen LogP contribution in [0.25, 0.3) is 5.69 Å². The molecule has 0 aliphatic carbocycles. The van der Waals surface area contributed by atoms with Crippen molar-refractivity contribution in [2.24, 2.45) is 0 Å². The molecule has 1 aliphatic rings. The van der Waals surface area contributed by atoms with E-state index >= 15 is 0 Å². The van der Waals surface area contributed by atoms with E-state index < -0.39 is 0 Å². The zero-order chi connectivity index (χ0) is 21.8. The van der Waals surface area contributed by atoms with Gasteiger partial charge in [0.25, 0.3) is 5.91 Å². The van der Waals surface area contributed by atoms with Crippen molar-refractivity contribution in [2.75, 3.05) is 39.8 Å². The topological polar surface area (TPSA) is 53.4 Å². The number of carbonyl (C=O) groups is 1. The molecule has 2 aromatic carbocycles. The number of hydrogen-bond acceptors (Lipinski definition) is 4. The maximum Gasteiger partial charge on any atom is 0.255 e. The number of carbonyl (C=O) groups excluding carboxylic acids is 1. The summed E-state index contributed by atoms with van der Waals surface area (Å²) in [5.41, 5.74) is 4.70. The summed E-state index contributed by atoms with van der Waals surface area (Å²) < 4.78 is 1.85. The van der Waals surface area contributed by atoms with Crippen LogP contribution < -0.4 is 5.32 Å². The van der Waals surface area contributed by atoms with Crippen LogP contribution in [0.2, 0.25) is 0 Å². The number of hydrogen-bond donors (Lipinski definition) is 1. The standard InChI is InChI=1S/C25H31N5O/c1-19-9-7-8-12-24(19)30-20(2)22(17-26-30)25(31)27-23(21-10-5-4-6-11-21)18-29-15-13-28(3)14-16-29/h4-12,17,23H,13-16,18H2,1-3H3,(H,27,31). The summed E-state index contributed by atoms with van der Waals surface area (Å²) in [6.07, 6.45) is 1.68. The zero-order valence-corrected chi connectivity index (χ0v) is 18.6. The molecule has 6 heteroatoms. The Bertz CT molecular complexity index is 1020. The summed E-state index contributed by atoms with van der Waals surface area (Å²) in [4.78, 5) is 18.1. The van der Waals surface area contributed by atoms with Gasteiger partial charge in [-0.05, 0) is 38.1 Å². The molecule has 0 spiro atoms. The van der Waals surface area contributed by atoms with E-state index in [1.54, 1.807) is 6.20 Å². The van der Waals surface area contributed by atoms with Crippen molar-refractivity contribution in [3.05, 3.63) is 83.2 Å². The highest BCUT2D eigenvalue weighted by molar-refractivity contribution is 5.95. The molecule has 31 heavy (non-hydrogen) atoms. The minimum atomic E-state index is -0.0830. The number of nitrogens with zero attached hydrogens (tertiary/aromatic N) is 4. The molecule has 0 radical (unpaired) electrons. The van der Waals surface area contributed by atoms with Crippen LogP contribution in [0.5, 0.6) is 0 Å². The first kappa shape index (κ1) is 21.3. The van der Waals surface area contributed by atoms with Crippen molar-refractivity contribution in [1.29, 1.82) is 0 Å². The monoisotopic (exact) mass is 417 g/mol. The van der Waals surface area contributed by atoms with E-state index in [4.69, 9.17) is 0 Å². The average molecular weight is 418 g/mol. The van der Waals surface area contributed by atoms with Crippen molar-refractivity contribution in [1.82, 2.24) is 24.9 Å². The molecule has 162 valence electrons. The minimum absolute atomic E-state index is 0.0710. The number of piperazine rings is 1. The second-order valence-corrected chi connectivity index (χ2v) is 8.38. The van der Waals surface area contributed by atoms with Crippen LogP contribution in [0.3, 0.4) is 0 Å². The van der Waals surface area contributed by atoms with Gasteiger partial charge in [0.1, 0.15) is 0 Å². The van der Waals surface area contributed by atoms with E-state index in [0.29, 0.717) is 5.56 Å². The third kappa shape index (κ3) is 4.86. The van der Waals surface area contributed by atoms with Crippen molar-refractivity contribution in [2.45, 2.75) is 19.9 Å². The van der Waals surface area contributed by atoms with Crippen LogP contribution in [0.4, 0.5) is 0 Å². The second-order valence-electron chi connectivity index (χ2n) is 8.38. The Morgan fingerprint density at radius 1 is 1.00 bits per heavy atom. The quantitative estimate of drug-likeness (QED) is 0.669. The maximum absolute atomic E-state index is 13.3. The molecule has 1 aromatic heterocycles. The van der Waals surface area contributed by atoms with Gasteiger partial charge in [-0.2, -0.15) is 5.10 Å². The Kier molecular flexibility index (Phi) is 6.49. The summed E-state index contributed by atoms with van der Waals surface area (Å²) in [5.74, 6) is -0.0830. The van der Waals surface area contributed by atoms with E-state index in [9.17, 15) is 4.79 Å². The molecule has 1 aliphatic heterocycles. The minimum Gasteiger partial charge on any atom is -0.344 e. The lowest BCUT2D eigenvalue weighted by molar-refractivity contribution is 0.0906. The highest BCUT2D eigenvalue weighted by atomic mass is 16.1. The number of benzene rings is 2. The van der Waals surface area contributed by atoms with Gasteiger partial charge in [0.15, 0.2) is 0 Å². The normalized spacial score (nSPS) is 16.2. The first-order valence-corrected chi connectivity index (χ1v) is 10.9. The van der Waals surface area contributed by atoms with Gasteiger partial charge in [0.05, 0.1) is 29.2 Å². The fraction of sp³-hybridized carbons (Fsp3) is 0.360. The molecule has 4 rings (SSSR count). The fourth-order valence-corrected chi connectivity index (χ4v) is 4.12. The van der Waals surface area contributed by atoms with Crippen molar-refractivity contribution in [3.63, 3.8) is 0 Å². The molecule has 1 saturated heterocycles. The Hall–Kier alpha value is -2.96. The van der Waals surface area contributed by atoms with Crippen LogP contribution in [-0.4, -0.2) is 65.3 Å². The molecule has 2 heterocycles. The highest BCUT2D eigenvalue weighted by Crippen LogP contribution is 2.20. The van der Waals surface area contributed by atoms with Crippen LogP contribution in [0, 0.1) is 13.8 Å². The Morgan fingerprint density at radius 3 is 2.39 bits per heavy atom. The number of rotatable bonds is 6. The molecular formula is C25H31N5O. The molecule has 3 aromatic rings. The predicted octanol–water partition coefficient (Wildman–Crippen LogP) is 3.21. The van der Waals surface area contributed by atoms with Gasteiger partial charge in [0, 0.05) is 32.7 Å². The lowest BCUT2D eigenvalue weighted by atomic mass is 10.1. The summed E-state index contributed by atoms with van der Waals surface area (Å²) >= 11 is 0. The number of nitrogens with one attached hydrogen (secondary N) is 1. The molecule has 1 atom stereocenters. The Balaban J connectivity index is 1.54. The number of likely N-dealkylation sites (N-methyl/N-ethyl adjacent to an activating group) is 1. The first-order chi connectivity index (χ1) is 15.0. The van der Waals surface area contributed by atoms with Crippen LogP contribution in [0.1, 0.15) is 33.2 Å². The summed E-state index contributed by atoms with van der Waals surface area (Å²) in [7, 11) is 2.16. The Labute approximate surface area is 184 Å². The van der Waals surface area contributed by atoms with Crippen LogP contribution in [0.15, 0.2) is 60.8 Å². The third-order valence-electron chi connectivity index (χ3n) is 6.14. The van der Waals surface area contributed by atoms with Crippen molar-refractivity contribution in [3.8, 4) is 5.69 Å². The Morgan fingerprint density at radius 2 is 1.68 bits per heavy atom. The SMILES string of the molecule is Cc1ccccc1-n1ncc(C(=O)NC(CN2CCN(C)CC2)c2ccccc2)c1C. The number of amides is 1. The van der Waals surface area contributed by atoms with Gasteiger partial charge in [0.2, 0.25) is 0 Å². The maximum atomic E-state index is 13.3. The van der Waals surface area contributed by atoms with Crippen molar-refractivity contribution >= 4 is 5.91 Å². The van der Waals surface area contributed by atoms with E-state index in [1.165, 1.54) is 0 Å². The smallest absolute Gasteiger partial charge is 0.255 e.